The zero-order valence-electron chi connectivity index (χ0n) is 14.3. The normalized spacial score (nSPS) is 10.4. The smallest absolute Gasteiger partial charge is 0.322 e. The van der Waals surface area contributed by atoms with Crippen LogP contribution in [0.1, 0.15) is 21.9 Å². The van der Waals surface area contributed by atoms with Gasteiger partial charge in [-0.05, 0) is 16.7 Å². The molecule has 0 aliphatic carbocycles. The molecule has 0 radical (unpaired) electrons. The molecule has 136 valence electrons. The third-order valence-electron chi connectivity index (χ3n) is 3.86. The minimum Gasteiger partial charge on any atom is -0.504 e. The van der Waals surface area contributed by atoms with Gasteiger partial charge in [0.15, 0.2) is 11.4 Å². The SMILES string of the molecule is O=C(O)CNC(=O)c1nc(Cc2ccc(-c3ccccc3)cc2)ncc1O. The van der Waals surface area contributed by atoms with Crippen LogP contribution in [0, 0.1) is 0 Å². The second-order valence-corrected chi connectivity index (χ2v) is 5.84. The second kappa shape index (κ2) is 8.09. The van der Waals surface area contributed by atoms with Crippen LogP contribution in [-0.4, -0.2) is 38.6 Å². The number of aliphatic carboxylic acids is 1. The lowest BCUT2D eigenvalue weighted by molar-refractivity contribution is -0.135. The largest absolute Gasteiger partial charge is 0.504 e. The summed E-state index contributed by atoms with van der Waals surface area (Å²) >= 11 is 0. The van der Waals surface area contributed by atoms with Crippen molar-refractivity contribution < 1.29 is 19.8 Å². The van der Waals surface area contributed by atoms with Crippen molar-refractivity contribution in [3.63, 3.8) is 0 Å². The van der Waals surface area contributed by atoms with E-state index in [1.165, 1.54) is 0 Å². The van der Waals surface area contributed by atoms with Crippen LogP contribution in [-0.2, 0) is 11.2 Å². The molecule has 0 spiro atoms. The van der Waals surface area contributed by atoms with Crippen LogP contribution in [0.4, 0.5) is 0 Å². The van der Waals surface area contributed by atoms with Crippen LogP contribution in [0.25, 0.3) is 11.1 Å². The third-order valence-corrected chi connectivity index (χ3v) is 3.86. The molecular formula is C20H17N3O4. The molecule has 0 aliphatic heterocycles. The van der Waals surface area contributed by atoms with Crippen LogP contribution >= 0.6 is 0 Å². The van der Waals surface area contributed by atoms with Crippen LogP contribution in [0.2, 0.25) is 0 Å². The van der Waals surface area contributed by atoms with Crippen molar-refractivity contribution in [1.82, 2.24) is 15.3 Å². The first kappa shape index (κ1) is 18.1. The molecule has 3 rings (SSSR count). The van der Waals surface area contributed by atoms with Gasteiger partial charge < -0.3 is 15.5 Å². The zero-order valence-corrected chi connectivity index (χ0v) is 14.3. The van der Waals surface area contributed by atoms with Crippen molar-refractivity contribution in [3.05, 3.63) is 77.9 Å². The topological polar surface area (TPSA) is 112 Å². The molecule has 0 aliphatic rings. The maximum atomic E-state index is 12.0. The molecular weight excluding hydrogens is 346 g/mol. The average molecular weight is 363 g/mol. The number of carboxylic acid groups (broad SMARTS) is 1. The fourth-order valence-corrected chi connectivity index (χ4v) is 2.53. The number of benzene rings is 2. The predicted molar refractivity (Wildman–Crippen MR) is 98.3 cm³/mol. The van der Waals surface area contributed by atoms with Gasteiger partial charge in [-0.1, -0.05) is 54.6 Å². The highest BCUT2D eigenvalue weighted by molar-refractivity contribution is 5.96. The van der Waals surface area contributed by atoms with Crippen molar-refractivity contribution >= 4 is 11.9 Å². The lowest BCUT2D eigenvalue weighted by Crippen LogP contribution is -2.30. The molecule has 7 heteroatoms. The van der Waals surface area contributed by atoms with Gasteiger partial charge >= 0.3 is 5.97 Å². The molecule has 3 N–H and O–H groups in total. The van der Waals surface area contributed by atoms with Crippen molar-refractivity contribution in [2.45, 2.75) is 6.42 Å². The molecule has 2 aromatic carbocycles. The summed E-state index contributed by atoms with van der Waals surface area (Å²) in [5.74, 6) is -2.00. The zero-order chi connectivity index (χ0) is 19.2. The lowest BCUT2D eigenvalue weighted by atomic mass is 10.0. The van der Waals surface area contributed by atoms with Gasteiger partial charge in [0.2, 0.25) is 0 Å². The summed E-state index contributed by atoms with van der Waals surface area (Å²) in [6.45, 7) is -0.557. The van der Waals surface area contributed by atoms with E-state index in [1.807, 2.05) is 54.6 Å². The number of aromatic nitrogens is 2. The molecule has 1 heterocycles. The minimum atomic E-state index is -1.18. The Balaban J connectivity index is 1.75. The summed E-state index contributed by atoms with van der Waals surface area (Å²) in [6, 6.07) is 17.8. The predicted octanol–water partition coefficient (Wildman–Crippen LogP) is 2.25. The summed E-state index contributed by atoms with van der Waals surface area (Å²) < 4.78 is 0. The van der Waals surface area contributed by atoms with Crippen molar-refractivity contribution in [2.24, 2.45) is 0 Å². The summed E-state index contributed by atoms with van der Waals surface area (Å²) in [4.78, 5) is 30.6. The summed E-state index contributed by atoms with van der Waals surface area (Å²) in [6.07, 6.45) is 1.50. The van der Waals surface area contributed by atoms with E-state index in [0.717, 1.165) is 22.9 Å². The molecule has 7 nitrogen and oxygen atoms in total. The van der Waals surface area contributed by atoms with Crippen molar-refractivity contribution in [1.29, 1.82) is 0 Å². The molecule has 27 heavy (non-hydrogen) atoms. The van der Waals surface area contributed by atoms with E-state index in [-0.39, 0.29) is 5.69 Å². The van der Waals surface area contributed by atoms with Crippen LogP contribution < -0.4 is 5.32 Å². The summed E-state index contributed by atoms with van der Waals surface area (Å²) in [5, 5.41) is 20.6. The van der Waals surface area contributed by atoms with Gasteiger partial charge in [0.1, 0.15) is 12.4 Å². The van der Waals surface area contributed by atoms with E-state index < -0.39 is 24.2 Å². The molecule has 0 saturated heterocycles. The van der Waals surface area contributed by atoms with Gasteiger partial charge in [0.25, 0.3) is 5.91 Å². The maximum Gasteiger partial charge on any atom is 0.322 e. The van der Waals surface area contributed by atoms with Gasteiger partial charge in [-0.3, -0.25) is 9.59 Å². The van der Waals surface area contributed by atoms with E-state index in [2.05, 4.69) is 15.3 Å². The van der Waals surface area contributed by atoms with Gasteiger partial charge in [0.05, 0.1) is 6.20 Å². The molecule has 0 atom stereocenters. The number of nitrogens with zero attached hydrogens (tertiary/aromatic N) is 2. The molecule has 1 amide bonds. The van der Waals surface area contributed by atoms with Gasteiger partial charge in [-0.25, -0.2) is 9.97 Å². The monoisotopic (exact) mass is 363 g/mol. The Bertz CT molecular complexity index is 957. The Morgan fingerprint density at radius 3 is 2.30 bits per heavy atom. The van der Waals surface area contributed by atoms with Crippen LogP contribution in [0.3, 0.4) is 0 Å². The first-order valence-electron chi connectivity index (χ1n) is 8.22. The van der Waals surface area contributed by atoms with Gasteiger partial charge in [-0.15, -0.1) is 0 Å². The van der Waals surface area contributed by atoms with Crippen LogP contribution in [0.15, 0.2) is 60.8 Å². The number of nitrogens with one attached hydrogen (secondary N) is 1. The molecule has 0 unspecified atom stereocenters. The minimum absolute atomic E-state index is 0.248. The highest BCUT2D eigenvalue weighted by Gasteiger charge is 2.15. The average Bonchev–Trinajstić information content (AvgIpc) is 2.69. The highest BCUT2D eigenvalue weighted by Crippen LogP contribution is 2.20. The second-order valence-electron chi connectivity index (χ2n) is 5.84. The number of hydrogen-bond acceptors (Lipinski definition) is 5. The number of carboxylic acids is 1. The van der Waals surface area contributed by atoms with E-state index >= 15 is 0 Å². The Kier molecular flexibility index (Phi) is 5.41. The summed E-state index contributed by atoms with van der Waals surface area (Å²) in [5.41, 5.74) is 2.89. The first-order chi connectivity index (χ1) is 13.0. The lowest BCUT2D eigenvalue weighted by Gasteiger charge is -2.07. The molecule has 0 bridgehead atoms. The highest BCUT2D eigenvalue weighted by atomic mass is 16.4. The van der Waals surface area contributed by atoms with Gasteiger partial charge in [0, 0.05) is 6.42 Å². The number of carbonyl (C=O) groups excluding carboxylic acids is 1. The Hall–Kier alpha value is -3.74. The summed E-state index contributed by atoms with van der Waals surface area (Å²) in [7, 11) is 0. The molecule has 0 saturated carbocycles. The number of rotatable bonds is 6. The third kappa shape index (κ3) is 4.66. The molecule has 3 aromatic rings. The Morgan fingerprint density at radius 2 is 1.63 bits per heavy atom. The Labute approximate surface area is 155 Å². The van der Waals surface area contributed by atoms with E-state index in [1.54, 1.807) is 0 Å². The quantitative estimate of drug-likeness (QED) is 0.619. The van der Waals surface area contributed by atoms with Crippen molar-refractivity contribution in [2.75, 3.05) is 6.54 Å². The Morgan fingerprint density at radius 1 is 0.963 bits per heavy atom. The fraction of sp³-hybridized carbons (Fsp3) is 0.100. The number of hydrogen-bond donors (Lipinski definition) is 3. The fourth-order valence-electron chi connectivity index (χ4n) is 2.53. The van der Waals surface area contributed by atoms with E-state index in [9.17, 15) is 14.7 Å². The van der Waals surface area contributed by atoms with E-state index in [4.69, 9.17) is 5.11 Å². The molecule has 1 aromatic heterocycles. The van der Waals surface area contributed by atoms with Gasteiger partial charge in [-0.2, -0.15) is 0 Å². The number of carbonyl (C=O) groups is 2. The molecule has 0 fully saturated rings. The maximum absolute atomic E-state index is 12.0. The van der Waals surface area contributed by atoms with Crippen molar-refractivity contribution in [3.8, 4) is 16.9 Å². The van der Waals surface area contributed by atoms with Crippen LogP contribution in [0.5, 0.6) is 5.75 Å². The number of aromatic hydroxyl groups is 1. The first-order valence-corrected chi connectivity index (χ1v) is 8.22. The standard InChI is InChI=1S/C20H17N3O4/c24-16-11-21-17(23-19(16)20(27)22-12-18(25)26)10-13-6-8-15(9-7-13)14-4-2-1-3-5-14/h1-9,11,24H,10,12H2,(H,22,27)(H,25,26). The van der Waals surface area contributed by atoms with E-state index in [0.29, 0.717) is 12.2 Å². The number of amides is 1.